The first kappa shape index (κ1) is 25.6. The fraction of sp³-hybridized carbons (Fsp3) is 0.485. The van der Waals surface area contributed by atoms with Crippen molar-refractivity contribution in [3.8, 4) is 0 Å². The molecule has 1 amide bonds. The quantitative estimate of drug-likeness (QED) is 0.382. The van der Waals surface area contributed by atoms with Crippen molar-refractivity contribution in [3.05, 3.63) is 87.9 Å². The molecule has 1 aliphatic carbocycles. The predicted octanol–water partition coefficient (Wildman–Crippen LogP) is 7.19. The van der Waals surface area contributed by atoms with Gasteiger partial charge in [-0.3, -0.25) is 4.79 Å². The molecule has 4 nitrogen and oxygen atoms in total. The van der Waals surface area contributed by atoms with Crippen LogP contribution in [0.1, 0.15) is 91.6 Å². The van der Waals surface area contributed by atoms with E-state index in [4.69, 9.17) is 4.42 Å². The Labute approximate surface area is 222 Å². The Morgan fingerprint density at radius 2 is 1.57 bits per heavy atom. The Bertz CT molecular complexity index is 1300. The Kier molecular flexibility index (Phi) is 6.50. The van der Waals surface area contributed by atoms with E-state index in [1.165, 1.54) is 46.3 Å². The second-order valence-electron chi connectivity index (χ2n) is 12.7. The summed E-state index contributed by atoms with van der Waals surface area (Å²) in [5.41, 5.74) is 8.41. The number of carbonyl (C=O) groups excluding carboxylic acids is 1. The highest BCUT2D eigenvalue weighted by molar-refractivity contribution is 5.91. The lowest BCUT2D eigenvalue weighted by Gasteiger charge is -2.42. The van der Waals surface area contributed by atoms with Crippen molar-refractivity contribution in [2.75, 3.05) is 24.5 Å². The lowest BCUT2D eigenvalue weighted by molar-refractivity contribution is 0.0692. The zero-order chi connectivity index (χ0) is 26.5. The van der Waals surface area contributed by atoms with Gasteiger partial charge in [0.05, 0.1) is 0 Å². The topological polar surface area (TPSA) is 36.7 Å². The highest BCUT2D eigenvalue weighted by atomic mass is 16.4. The molecule has 2 aliphatic rings. The number of nitrogens with zero attached hydrogens (tertiary/aromatic N) is 2. The molecular weight excluding hydrogens is 456 g/mol. The van der Waals surface area contributed by atoms with E-state index >= 15 is 0 Å². The molecule has 1 saturated heterocycles. The number of aryl methyl sites for hydroxylation is 2. The smallest absolute Gasteiger partial charge is 0.289 e. The molecule has 0 N–H and O–H groups in total. The average molecular weight is 499 g/mol. The van der Waals surface area contributed by atoms with Gasteiger partial charge in [-0.15, -0.1) is 0 Å². The zero-order valence-electron chi connectivity index (χ0n) is 23.6. The first-order valence-corrected chi connectivity index (χ1v) is 13.8. The van der Waals surface area contributed by atoms with Gasteiger partial charge in [-0.25, -0.2) is 0 Å². The minimum atomic E-state index is -0.00768. The minimum absolute atomic E-state index is 0.00768. The van der Waals surface area contributed by atoms with Gasteiger partial charge in [0, 0.05) is 37.8 Å². The molecule has 196 valence electrons. The normalized spacial score (nSPS) is 20.6. The van der Waals surface area contributed by atoms with Crippen LogP contribution in [0.5, 0.6) is 0 Å². The van der Waals surface area contributed by atoms with Crippen molar-refractivity contribution in [2.24, 2.45) is 0 Å². The Morgan fingerprint density at radius 3 is 2.22 bits per heavy atom. The Hall–Kier alpha value is -3.01. The minimum Gasteiger partial charge on any atom is -0.456 e. The van der Waals surface area contributed by atoms with E-state index in [9.17, 15) is 4.79 Å². The van der Waals surface area contributed by atoms with Crippen LogP contribution in [0.15, 0.2) is 52.9 Å². The van der Waals surface area contributed by atoms with Crippen molar-refractivity contribution in [1.82, 2.24) is 4.90 Å². The molecule has 37 heavy (non-hydrogen) atoms. The number of carbonyl (C=O) groups is 1. The lowest BCUT2D eigenvalue weighted by atomic mass is 9.62. The molecule has 0 spiro atoms. The summed E-state index contributed by atoms with van der Waals surface area (Å²) in [7, 11) is 0. The van der Waals surface area contributed by atoms with Gasteiger partial charge in [0.1, 0.15) is 5.76 Å². The van der Waals surface area contributed by atoms with Crippen molar-refractivity contribution < 1.29 is 9.21 Å². The molecule has 5 rings (SSSR count). The van der Waals surface area contributed by atoms with Gasteiger partial charge in [-0.1, -0.05) is 57.5 Å². The summed E-state index contributed by atoms with van der Waals surface area (Å²) in [5, 5.41) is 0. The van der Waals surface area contributed by atoms with Crippen LogP contribution in [0, 0.1) is 13.8 Å². The lowest BCUT2D eigenvalue weighted by Crippen LogP contribution is -2.53. The van der Waals surface area contributed by atoms with Crippen LogP contribution in [-0.2, 0) is 17.3 Å². The number of fused-ring (bicyclic) bond motifs is 1. The molecule has 2 aromatic carbocycles. The molecule has 0 saturated carbocycles. The van der Waals surface area contributed by atoms with Crippen molar-refractivity contribution >= 4 is 11.6 Å². The van der Waals surface area contributed by atoms with Gasteiger partial charge in [0.2, 0.25) is 0 Å². The number of hydrogen-bond acceptors (Lipinski definition) is 3. The summed E-state index contributed by atoms with van der Waals surface area (Å²) in [5.74, 6) is 1.29. The summed E-state index contributed by atoms with van der Waals surface area (Å²) >= 11 is 0. The molecule has 1 aromatic heterocycles. The molecule has 3 aromatic rings. The highest BCUT2D eigenvalue weighted by Crippen LogP contribution is 2.46. The molecule has 0 bridgehead atoms. The monoisotopic (exact) mass is 498 g/mol. The number of anilines is 1. The van der Waals surface area contributed by atoms with Gasteiger partial charge >= 0.3 is 0 Å². The number of benzene rings is 2. The first-order valence-electron chi connectivity index (χ1n) is 13.8. The molecule has 2 heterocycles. The van der Waals surface area contributed by atoms with Crippen LogP contribution in [0.4, 0.5) is 5.69 Å². The predicted molar refractivity (Wildman–Crippen MR) is 152 cm³/mol. The largest absolute Gasteiger partial charge is 0.456 e. The molecule has 1 aliphatic heterocycles. The third kappa shape index (κ3) is 4.95. The molecule has 4 heteroatoms. The molecule has 1 atom stereocenters. The van der Waals surface area contributed by atoms with Crippen molar-refractivity contribution in [3.63, 3.8) is 0 Å². The van der Waals surface area contributed by atoms with Crippen LogP contribution in [0.3, 0.4) is 0 Å². The fourth-order valence-corrected chi connectivity index (χ4v) is 6.15. The van der Waals surface area contributed by atoms with Crippen LogP contribution < -0.4 is 4.90 Å². The van der Waals surface area contributed by atoms with Crippen molar-refractivity contribution in [1.29, 1.82) is 0 Å². The average Bonchev–Trinajstić information content (AvgIpc) is 3.32. The van der Waals surface area contributed by atoms with Gasteiger partial charge < -0.3 is 14.2 Å². The molecule has 1 fully saturated rings. The maximum atomic E-state index is 13.3. The number of hydrogen-bond donors (Lipinski definition) is 0. The summed E-state index contributed by atoms with van der Waals surface area (Å²) in [6, 6.07) is 17.5. The van der Waals surface area contributed by atoms with Crippen LogP contribution in [0.2, 0.25) is 0 Å². The third-order valence-corrected chi connectivity index (χ3v) is 8.83. The molecular formula is C33H42N2O2. The second-order valence-corrected chi connectivity index (χ2v) is 12.7. The summed E-state index contributed by atoms with van der Waals surface area (Å²) < 4.78 is 6.15. The van der Waals surface area contributed by atoms with Crippen LogP contribution in [-0.4, -0.2) is 36.5 Å². The van der Waals surface area contributed by atoms with Gasteiger partial charge in [0.15, 0.2) is 5.76 Å². The maximum Gasteiger partial charge on any atom is 0.289 e. The number of furan rings is 1. The second kappa shape index (κ2) is 9.38. The SMILES string of the molecule is Cc1ccc(N2CCN(C(=O)c3ccc(Cc4cc5c(cc4C)C(C)(C)CCC5(C)C)o3)CC2C)cc1. The third-order valence-electron chi connectivity index (χ3n) is 8.83. The van der Waals surface area contributed by atoms with E-state index in [0.29, 0.717) is 25.3 Å². The van der Waals surface area contributed by atoms with Crippen LogP contribution in [0.25, 0.3) is 0 Å². The fourth-order valence-electron chi connectivity index (χ4n) is 6.15. The molecule has 1 unspecified atom stereocenters. The van der Waals surface area contributed by atoms with E-state index in [0.717, 1.165) is 12.3 Å². The summed E-state index contributed by atoms with van der Waals surface area (Å²) in [6.45, 7) is 18.2. The van der Waals surface area contributed by atoms with E-state index < -0.39 is 0 Å². The molecule has 0 radical (unpaired) electrons. The van der Waals surface area contributed by atoms with E-state index in [2.05, 4.69) is 89.8 Å². The van der Waals surface area contributed by atoms with Gasteiger partial charge in [-0.05, 0) is 91.0 Å². The maximum absolute atomic E-state index is 13.3. The summed E-state index contributed by atoms with van der Waals surface area (Å²) in [6.07, 6.45) is 3.12. The van der Waals surface area contributed by atoms with E-state index in [1.54, 1.807) is 0 Å². The number of piperazine rings is 1. The Morgan fingerprint density at radius 1 is 0.919 bits per heavy atom. The van der Waals surface area contributed by atoms with E-state index in [-0.39, 0.29) is 22.8 Å². The van der Waals surface area contributed by atoms with Gasteiger partial charge in [0.25, 0.3) is 5.91 Å². The summed E-state index contributed by atoms with van der Waals surface area (Å²) in [4.78, 5) is 17.7. The van der Waals surface area contributed by atoms with Crippen LogP contribution >= 0.6 is 0 Å². The zero-order valence-corrected chi connectivity index (χ0v) is 23.6. The van der Waals surface area contributed by atoms with Crippen molar-refractivity contribution in [2.45, 2.75) is 84.6 Å². The number of rotatable bonds is 4. The first-order chi connectivity index (χ1) is 17.4. The highest BCUT2D eigenvalue weighted by Gasteiger charge is 2.37. The Balaban J connectivity index is 1.30. The number of amides is 1. The van der Waals surface area contributed by atoms with Gasteiger partial charge in [-0.2, -0.15) is 0 Å². The standard InChI is InChI=1S/C33H42N2O2/c1-22-8-10-26(11-9-22)35-17-16-34(21-24(35)3)31(36)30-13-12-27(37-30)19-25-20-29-28(18-23(25)2)32(4,5)14-15-33(29,6)7/h8-13,18,20,24H,14-17,19,21H2,1-7H3. The van der Waals surface area contributed by atoms with E-state index in [1.807, 2.05) is 17.0 Å².